The van der Waals surface area contributed by atoms with Crippen LogP contribution >= 0.6 is 15.9 Å². The normalized spacial score (nSPS) is 11.4. The number of hydrogen-bond donors (Lipinski definition) is 0. The Bertz CT molecular complexity index is 602. The SMILES string of the molecule is Cc1cc(Br)ccc1Oc1nccc(C(F)(F)F)n1. The molecule has 7 heteroatoms. The number of nitrogens with zero attached hydrogens (tertiary/aromatic N) is 2. The molecule has 1 aromatic heterocycles. The molecule has 0 atom stereocenters. The van der Waals surface area contributed by atoms with Crippen molar-refractivity contribution in [1.29, 1.82) is 0 Å². The van der Waals surface area contributed by atoms with Crippen LogP contribution in [0.4, 0.5) is 13.2 Å². The minimum atomic E-state index is -4.52. The fourth-order valence-corrected chi connectivity index (χ4v) is 1.85. The lowest BCUT2D eigenvalue weighted by Gasteiger charge is -2.09. The van der Waals surface area contributed by atoms with Crippen molar-refractivity contribution in [2.75, 3.05) is 0 Å². The monoisotopic (exact) mass is 332 g/mol. The molecule has 0 spiro atoms. The first-order chi connectivity index (χ1) is 8.86. The van der Waals surface area contributed by atoms with Crippen LogP contribution in [-0.2, 0) is 6.18 Å². The van der Waals surface area contributed by atoms with Crippen LogP contribution in [0.25, 0.3) is 0 Å². The second-order valence-electron chi connectivity index (χ2n) is 3.73. The van der Waals surface area contributed by atoms with Gasteiger partial charge in [-0.05, 0) is 36.8 Å². The number of rotatable bonds is 2. The molecule has 0 bridgehead atoms. The molecule has 0 aliphatic rings. The molecule has 0 fully saturated rings. The van der Waals surface area contributed by atoms with E-state index < -0.39 is 11.9 Å². The van der Waals surface area contributed by atoms with Crippen LogP contribution in [0.2, 0.25) is 0 Å². The van der Waals surface area contributed by atoms with Crippen LogP contribution in [0.1, 0.15) is 11.3 Å². The topological polar surface area (TPSA) is 35.0 Å². The molecule has 0 aliphatic carbocycles. The number of aromatic nitrogens is 2. The molecular formula is C12H8BrF3N2O. The average Bonchev–Trinajstić information content (AvgIpc) is 2.32. The summed E-state index contributed by atoms with van der Waals surface area (Å²) >= 11 is 3.28. The summed E-state index contributed by atoms with van der Waals surface area (Å²) in [4.78, 5) is 7.00. The largest absolute Gasteiger partial charge is 0.433 e. The second-order valence-corrected chi connectivity index (χ2v) is 4.65. The molecule has 2 aromatic rings. The molecular weight excluding hydrogens is 325 g/mol. The summed E-state index contributed by atoms with van der Waals surface area (Å²) < 4.78 is 43.6. The van der Waals surface area contributed by atoms with Crippen LogP contribution in [0.3, 0.4) is 0 Å². The number of aryl methyl sites for hydroxylation is 1. The lowest BCUT2D eigenvalue weighted by molar-refractivity contribution is -0.141. The Labute approximate surface area is 115 Å². The van der Waals surface area contributed by atoms with Gasteiger partial charge in [-0.25, -0.2) is 4.98 Å². The van der Waals surface area contributed by atoms with Crippen molar-refractivity contribution >= 4 is 15.9 Å². The van der Waals surface area contributed by atoms with Gasteiger partial charge in [-0.2, -0.15) is 18.2 Å². The average molecular weight is 333 g/mol. The lowest BCUT2D eigenvalue weighted by Crippen LogP contribution is -2.09. The maximum Gasteiger partial charge on any atom is 0.433 e. The van der Waals surface area contributed by atoms with Crippen molar-refractivity contribution in [3.63, 3.8) is 0 Å². The fourth-order valence-electron chi connectivity index (χ4n) is 1.37. The molecule has 2 rings (SSSR count). The Morgan fingerprint density at radius 3 is 2.58 bits per heavy atom. The summed E-state index contributed by atoms with van der Waals surface area (Å²) in [6.45, 7) is 1.77. The first-order valence-corrected chi connectivity index (χ1v) is 6.00. The van der Waals surface area contributed by atoms with Gasteiger partial charge in [0, 0.05) is 10.7 Å². The first kappa shape index (κ1) is 13.8. The smallest absolute Gasteiger partial charge is 0.424 e. The van der Waals surface area contributed by atoms with Gasteiger partial charge < -0.3 is 4.74 Å². The molecule has 0 radical (unpaired) electrons. The molecule has 19 heavy (non-hydrogen) atoms. The Balaban J connectivity index is 2.29. The zero-order valence-corrected chi connectivity index (χ0v) is 11.3. The van der Waals surface area contributed by atoms with Crippen LogP contribution in [-0.4, -0.2) is 9.97 Å². The van der Waals surface area contributed by atoms with Gasteiger partial charge in [-0.3, -0.25) is 0 Å². The van der Waals surface area contributed by atoms with Crippen molar-refractivity contribution in [3.05, 3.63) is 46.2 Å². The van der Waals surface area contributed by atoms with E-state index in [0.29, 0.717) is 5.75 Å². The highest BCUT2D eigenvalue weighted by Crippen LogP contribution is 2.30. The third-order valence-electron chi connectivity index (χ3n) is 2.26. The summed E-state index contributed by atoms with van der Waals surface area (Å²) in [6.07, 6.45) is -3.50. The lowest BCUT2D eigenvalue weighted by atomic mass is 10.2. The van der Waals surface area contributed by atoms with Gasteiger partial charge in [-0.15, -0.1) is 0 Å². The van der Waals surface area contributed by atoms with E-state index in [0.717, 1.165) is 22.3 Å². The van der Waals surface area contributed by atoms with Crippen LogP contribution < -0.4 is 4.74 Å². The van der Waals surface area contributed by atoms with Crippen molar-refractivity contribution in [2.24, 2.45) is 0 Å². The number of alkyl halides is 3. The van der Waals surface area contributed by atoms with Crippen molar-refractivity contribution in [1.82, 2.24) is 9.97 Å². The standard InChI is InChI=1S/C12H8BrF3N2O/c1-7-6-8(13)2-3-9(7)19-11-17-5-4-10(18-11)12(14,15)16/h2-6H,1H3. The molecule has 1 heterocycles. The van der Waals surface area contributed by atoms with E-state index in [1.165, 1.54) is 0 Å². The summed E-state index contributed by atoms with van der Waals surface area (Å²) in [5, 5.41) is 0. The third-order valence-corrected chi connectivity index (χ3v) is 2.76. The summed E-state index contributed by atoms with van der Waals surface area (Å²) in [6, 6.07) is 5.59. The minimum absolute atomic E-state index is 0.333. The van der Waals surface area contributed by atoms with E-state index in [-0.39, 0.29) is 6.01 Å². The van der Waals surface area contributed by atoms with Crippen LogP contribution in [0, 0.1) is 6.92 Å². The maximum absolute atomic E-state index is 12.5. The van der Waals surface area contributed by atoms with E-state index in [1.807, 2.05) is 0 Å². The Kier molecular flexibility index (Phi) is 3.75. The van der Waals surface area contributed by atoms with Crippen LogP contribution in [0.5, 0.6) is 11.8 Å². The quantitative estimate of drug-likeness (QED) is 0.819. The second kappa shape index (κ2) is 5.16. The van der Waals surface area contributed by atoms with Gasteiger partial charge in [0.05, 0.1) is 0 Å². The third kappa shape index (κ3) is 3.44. The highest BCUT2D eigenvalue weighted by molar-refractivity contribution is 9.10. The predicted molar refractivity (Wildman–Crippen MR) is 66.0 cm³/mol. The number of hydrogen-bond acceptors (Lipinski definition) is 3. The van der Waals surface area contributed by atoms with E-state index in [4.69, 9.17) is 4.74 Å². The number of halogens is 4. The van der Waals surface area contributed by atoms with Crippen molar-refractivity contribution < 1.29 is 17.9 Å². The van der Waals surface area contributed by atoms with Gasteiger partial charge in [0.15, 0.2) is 5.69 Å². The highest BCUT2D eigenvalue weighted by atomic mass is 79.9. The molecule has 0 unspecified atom stereocenters. The summed E-state index contributed by atoms with van der Waals surface area (Å²) in [5.41, 5.74) is -0.275. The molecule has 0 saturated carbocycles. The van der Waals surface area contributed by atoms with E-state index in [9.17, 15) is 13.2 Å². The molecule has 3 nitrogen and oxygen atoms in total. The molecule has 0 amide bonds. The predicted octanol–water partition coefficient (Wildman–Crippen LogP) is 4.36. The zero-order valence-electron chi connectivity index (χ0n) is 9.70. The van der Waals surface area contributed by atoms with Crippen molar-refractivity contribution in [3.8, 4) is 11.8 Å². The Hall–Kier alpha value is -1.63. The van der Waals surface area contributed by atoms with Gasteiger partial charge in [0.1, 0.15) is 5.75 Å². The molecule has 1 aromatic carbocycles. The number of ether oxygens (including phenoxy) is 1. The molecule has 0 N–H and O–H groups in total. The summed E-state index contributed by atoms with van der Waals surface area (Å²) in [5.74, 6) is 0.405. The van der Waals surface area contributed by atoms with Crippen molar-refractivity contribution in [2.45, 2.75) is 13.1 Å². The molecule has 100 valence electrons. The Morgan fingerprint density at radius 2 is 1.95 bits per heavy atom. The van der Waals surface area contributed by atoms with Gasteiger partial charge in [0.25, 0.3) is 0 Å². The van der Waals surface area contributed by atoms with Gasteiger partial charge in [0.2, 0.25) is 0 Å². The Morgan fingerprint density at radius 1 is 1.21 bits per heavy atom. The van der Waals surface area contributed by atoms with E-state index in [1.54, 1.807) is 25.1 Å². The van der Waals surface area contributed by atoms with Gasteiger partial charge >= 0.3 is 12.2 Å². The molecule has 0 saturated heterocycles. The van der Waals surface area contributed by atoms with Crippen LogP contribution in [0.15, 0.2) is 34.9 Å². The molecule has 0 aliphatic heterocycles. The zero-order chi connectivity index (χ0) is 14.0. The number of benzene rings is 1. The first-order valence-electron chi connectivity index (χ1n) is 5.20. The minimum Gasteiger partial charge on any atom is -0.424 e. The summed E-state index contributed by atoms with van der Waals surface area (Å²) in [7, 11) is 0. The van der Waals surface area contributed by atoms with E-state index in [2.05, 4.69) is 25.9 Å². The fraction of sp³-hybridized carbons (Fsp3) is 0.167. The highest BCUT2D eigenvalue weighted by Gasteiger charge is 2.33. The van der Waals surface area contributed by atoms with Gasteiger partial charge in [-0.1, -0.05) is 15.9 Å². The maximum atomic E-state index is 12.5. The van der Waals surface area contributed by atoms with E-state index >= 15 is 0 Å².